The van der Waals surface area contributed by atoms with Crippen LogP contribution in [-0.2, 0) is 6.42 Å². The van der Waals surface area contributed by atoms with Crippen LogP contribution < -0.4 is 5.73 Å². The third-order valence-electron chi connectivity index (χ3n) is 3.11. The molecule has 3 heteroatoms. The highest BCUT2D eigenvalue weighted by molar-refractivity contribution is 5.10. The summed E-state index contributed by atoms with van der Waals surface area (Å²) in [5, 5.41) is 4.02. The van der Waals surface area contributed by atoms with Gasteiger partial charge in [0, 0.05) is 18.0 Å². The van der Waals surface area contributed by atoms with Crippen molar-refractivity contribution in [2.24, 2.45) is 5.73 Å². The lowest BCUT2D eigenvalue weighted by molar-refractivity contribution is 0.306. The molecule has 0 unspecified atom stereocenters. The van der Waals surface area contributed by atoms with Gasteiger partial charge in [0.25, 0.3) is 0 Å². The summed E-state index contributed by atoms with van der Waals surface area (Å²) in [7, 11) is 0. The van der Waals surface area contributed by atoms with E-state index in [9.17, 15) is 0 Å². The molecule has 0 aliphatic heterocycles. The topological polar surface area (TPSA) is 52.0 Å². The summed E-state index contributed by atoms with van der Waals surface area (Å²) in [6.07, 6.45) is 5.49. The number of nitrogens with two attached hydrogens (primary N) is 1. The van der Waals surface area contributed by atoms with Gasteiger partial charge < -0.3 is 10.3 Å². The van der Waals surface area contributed by atoms with Crippen molar-refractivity contribution in [3.05, 3.63) is 17.5 Å². The lowest BCUT2D eigenvalue weighted by Gasteiger charge is -2.23. The molecule has 0 aromatic carbocycles. The molecule has 14 heavy (non-hydrogen) atoms. The van der Waals surface area contributed by atoms with Gasteiger partial charge in [-0.1, -0.05) is 12.1 Å². The number of hydrogen-bond donors (Lipinski definition) is 1. The zero-order valence-corrected chi connectivity index (χ0v) is 8.70. The second-order valence-corrected chi connectivity index (χ2v) is 4.19. The molecule has 1 heterocycles. The highest BCUT2D eigenvalue weighted by Crippen LogP contribution is 2.32. The van der Waals surface area contributed by atoms with Crippen LogP contribution in [-0.4, -0.2) is 11.2 Å². The van der Waals surface area contributed by atoms with Gasteiger partial charge in [-0.15, -0.1) is 0 Å². The van der Waals surface area contributed by atoms with Crippen LogP contribution in [0.25, 0.3) is 0 Å². The van der Waals surface area contributed by atoms with E-state index in [4.69, 9.17) is 10.3 Å². The average molecular weight is 194 g/mol. The molecule has 0 atom stereocenters. The van der Waals surface area contributed by atoms with Crippen molar-refractivity contribution in [1.29, 1.82) is 0 Å². The molecule has 1 fully saturated rings. The Balaban J connectivity index is 2.01. The van der Waals surface area contributed by atoms with Crippen molar-refractivity contribution in [2.75, 3.05) is 0 Å². The average Bonchev–Trinajstić information content (AvgIpc) is 2.67. The first-order valence-electron chi connectivity index (χ1n) is 5.50. The van der Waals surface area contributed by atoms with Crippen LogP contribution in [0.2, 0.25) is 0 Å². The monoisotopic (exact) mass is 194 g/mol. The molecule has 1 aromatic heterocycles. The second kappa shape index (κ2) is 4.13. The molecule has 1 aliphatic carbocycles. The van der Waals surface area contributed by atoms with Crippen molar-refractivity contribution in [3.63, 3.8) is 0 Å². The van der Waals surface area contributed by atoms with E-state index >= 15 is 0 Å². The minimum atomic E-state index is 0.403. The van der Waals surface area contributed by atoms with E-state index in [1.807, 2.05) is 0 Å². The van der Waals surface area contributed by atoms with Gasteiger partial charge in [-0.2, -0.15) is 0 Å². The minimum Gasteiger partial charge on any atom is -0.361 e. The summed E-state index contributed by atoms with van der Waals surface area (Å²) in [6, 6.07) is 2.50. The largest absolute Gasteiger partial charge is 0.361 e. The maximum atomic E-state index is 5.86. The van der Waals surface area contributed by atoms with Gasteiger partial charge >= 0.3 is 0 Å². The first kappa shape index (κ1) is 9.71. The smallest absolute Gasteiger partial charge is 0.140 e. The fourth-order valence-corrected chi connectivity index (χ4v) is 2.09. The zero-order chi connectivity index (χ0) is 9.97. The standard InChI is InChI=1S/C11H18N2O/c1-2-10-7-11(14-13-10)8-3-5-9(12)6-4-8/h7-9H,2-6,12H2,1H3. The molecule has 0 spiro atoms. The quantitative estimate of drug-likeness (QED) is 0.785. The second-order valence-electron chi connectivity index (χ2n) is 4.19. The van der Waals surface area contributed by atoms with E-state index in [1.54, 1.807) is 0 Å². The normalized spacial score (nSPS) is 27.9. The summed E-state index contributed by atoms with van der Waals surface area (Å²) in [5.74, 6) is 1.62. The van der Waals surface area contributed by atoms with Crippen LogP contribution in [0.15, 0.2) is 10.6 Å². The first-order chi connectivity index (χ1) is 6.79. The first-order valence-corrected chi connectivity index (χ1v) is 5.50. The van der Waals surface area contributed by atoms with Crippen LogP contribution >= 0.6 is 0 Å². The Morgan fingerprint density at radius 1 is 1.43 bits per heavy atom. The molecule has 1 saturated carbocycles. The van der Waals surface area contributed by atoms with E-state index in [0.717, 1.165) is 43.6 Å². The summed E-state index contributed by atoms with van der Waals surface area (Å²) in [4.78, 5) is 0. The number of rotatable bonds is 2. The summed E-state index contributed by atoms with van der Waals surface area (Å²) in [5.41, 5.74) is 6.92. The molecule has 0 radical (unpaired) electrons. The fourth-order valence-electron chi connectivity index (χ4n) is 2.09. The van der Waals surface area contributed by atoms with Crippen LogP contribution in [0.3, 0.4) is 0 Å². The molecule has 0 bridgehead atoms. The van der Waals surface area contributed by atoms with E-state index in [2.05, 4.69) is 18.1 Å². The molecule has 2 N–H and O–H groups in total. The third-order valence-corrected chi connectivity index (χ3v) is 3.11. The predicted molar refractivity (Wildman–Crippen MR) is 55.1 cm³/mol. The predicted octanol–water partition coefficient (Wildman–Crippen LogP) is 2.22. The van der Waals surface area contributed by atoms with Gasteiger partial charge in [-0.25, -0.2) is 0 Å². The van der Waals surface area contributed by atoms with Crippen molar-refractivity contribution >= 4 is 0 Å². The summed E-state index contributed by atoms with van der Waals surface area (Å²) < 4.78 is 5.34. The van der Waals surface area contributed by atoms with Crippen LogP contribution in [0.4, 0.5) is 0 Å². The van der Waals surface area contributed by atoms with Gasteiger partial charge in [-0.05, 0) is 32.1 Å². The SMILES string of the molecule is CCc1cc(C2CCC(N)CC2)on1. The molecular formula is C11H18N2O. The Hall–Kier alpha value is -0.830. The highest BCUT2D eigenvalue weighted by Gasteiger charge is 2.22. The fraction of sp³-hybridized carbons (Fsp3) is 0.727. The molecule has 1 aromatic rings. The Kier molecular flexibility index (Phi) is 2.87. The Bertz CT molecular complexity index is 287. The Labute approximate surface area is 84.7 Å². The molecule has 78 valence electrons. The Morgan fingerprint density at radius 3 is 2.71 bits per heavy atom. The van der Waals surface area contributed by atoms with Gasteiger partial charge in [0.2, 0.25) is 0 Å². The lowest BCUT2D eigenvalue weighted by Crippen LogP contribution is -2.25. The van der Waals surface area contributed by atoms with E-state index < -0.39 is 0 Å². The number of nitrogens with zero attached hydrogens (tertiary/aromatic N) is 1. The summed E-state index contributed by atoms with van der Waals surface area (Å²) >= 11 is 0. The van der Waals surface area contributed by atoms with Gasteiger partial charge in [0.05, 0.1) is 5.69 Å². The molecule has 0 amide bonds. The van der Waals surface area contributed by atoms with Crippen molar-refractivity contribution in [1.82, 2.24) is 5.16 Å². The summed E-state index contributed by atoms with van der Waals surface area (Å²) in [6.45, 7) is 2.10. The van der Waals surface area contributed by atoms with Crippen LogP contribution in [0.1, 0.15) is 50.0 Å². The van der Waals surface area contributed by atoms with Crippen LogP contribution in [0.5, 0.6) is 0 Å². The molecule has 2 rings (SSSR count). The van der Waals surface area contributed by atoms with Crippen LogP contribution in [0, 0.1) is 0 Å². The van der Waals surface area contributed by atoms with E-state index in [0.29, 0.717) is 12.0 Å². The number of aryl methyl sites for hydroxylation is 1. The maximum absolute atomic E-state index is 5.86. The highest BCUT2D eigenvalue weighted by atomic mass is 16.5. The van der Waals surface area contributed by atoms with E-state index in [1.165, 1.54) is 0 Å². The van der Waals surface area contributed by atoms with Crippen molar-refractivity contribution < 1.29 is 4.52 Å². The van der Waals surface area contributed by atoms with E-state index in [-0.39, 0.29) is 0 Å². The van der Waals surface area contributed by atoms with Crippen molar-refractivity contribution in [3.8, 4) is 0 Å². The maximum Gasteiger partial charge on any atom is 0.140 e. The van der Waals surface area contributed by atoms with Crippen molar-refractivity contribution in [2.45, 2.75) is 51.0 Å². The number of aromatic nitrogens is 1. The molecular weight excluding hydrogens is 176 g/mol. The third kappa shape index (κ3) is 1.98. The molecule has 3 nitrogen and oxygen atoms in total. The zero-order valence-electron chi connectivity index (χ0n) is 8.70. The van der Waals surface area contributed by atoms with Gasteiger partial charge in [0.15, 0.2) is 0 Å². The van der Waals surface area contributed by atoms with Gasteiger partial charge in [0.1, 0.15) is 5.76 Å². The van der Waals surface area contributed by atoms with Gasteiger partial charge in [-0.3, -0.25) is 0 Å². The lowest BCUT2D eigenvalue weighted by atomic mass is 9.85. The molecule has 1 aliphatic rings. The Morgan fingerprint density at radius 2 is 2.14 bits per heavy atom. The molecule has 0 saturated heterocycles. The minimum absolute atomic E-state index is 0.403. The number of hydrogen-bond acceptors (Lipinski definition) is 3.